The number of nitrogens with one attached hydrogen (secondary N) is 3. The number of hydrogen-bond acceptors (Lipinski definition) is 6. The van der Waals surface area contributed by atoms with E-state index in [1.54, 1.807) is 6.07 Å². The Labute approximate surface area is 157 Å². The average Bonchev–Trinajstić information content (AvgIpc) is 3.33. The van der Waals surface area contributed by atoms with E-state index in [0.29, 0.717) is 17.3 Å². The number of carboxylic acids is 1. The molecule has 28 heavy (non-hydrogen) atoms. The van der Waals surface area contributed by atoms with Crippen LogP contribution in [-0.2, 0) is 4.79 Å². The van der Waals surface area contributed by atoms with Crippen molar-refractivity contribution in [3.63, 3.8) is 0 Å². The van der Waals surface area contributed by atoms with Gasteiger partial charge in [0.25, 0.3) is 5.91 Å². The Morgan fingerprint density at radius 2 is 2.04 bits per heavy atom. The Kier molecular flexibility index (Phi) is 4.42. The summed E-state index contributed by atoms with van der Waals surface area (Å²) in [6, 6.07) is 12.2. The molecule has 0 saturated heterocycles. The number of nitrogens with zero attached hydrogens (tertiary/aromatic N) is 3. The SMILES string of the molecule is O=C(O)COc1ccc(C(=O)Nc2cc(-c3nc4ccccc4[nH]3)[nH]n2)cn1. The summed E-state index contributed by atoms with van der Waals surface area (Å²) in [5, 5.41) is 18.1. The number of benzene rings is 1. The smallest absolute Gasteiger partial charge is 0.341 e. The van der Waals surface area contributed by atoms with Gasteiger partial charge in [0.05, 0.1) is 16.6 Å². The number of hydrogen-bond donors (Lipinski definition) is 4. The number of pyridine rings is 1. The molecule has 4 rings (SSSR count). The fourth-order valence-corrected chi connectivity index (χ4v) is 2.51. The molecule has 3 aromatic heterocycles. The van der Waals surface area contributed by atoms with Crippen LogP contribution in [0.5, 0.6) is 5.88 Å². The van der Waals surface area contributed by atoms with Gasteiger partial charge in [-0.3, -0.25) is 9.89 Å². The van der Waals surface area contributed by atoms with E-state index in [0.717, 1.165) is 11.0 Å². The summed E-state index contributed by atoms with van der Waals surface area (Å²) >= 11 is 0. The van der Waals surface area contributed by atoms with Crippen LogP contribution in [-0.4, -0.2) is 48.7 Å². The van der Waals surface area contributed by atoms with Gasteiger partial charge in [0, 0.05) is 18.3 Å². The monoisotopic (exact) mass is 378 g/mol. The number of imidazole rings is 1. The molecule has 10 nitrogen and oxygen atoms in total. The van der Waals surface area contributed by atoms with Gasteiger partial charge in [-0.1, -0.05) is 12.1 Å². The number of para-hydroxylation sites is 2. The number of carboxylic acid groups (broad SMARTS) is 1. The summed E-state index contributed by atoms with van der Waals surface area (Å²) in [7, 11) is 0. The number of rotatable bonds is 6. The lowest BCUT2D eigenvalue weighted by Crippen LogP contribution is -2.13. The molecular formula is C18H14N6O4. The molecule has 0 aliphatic carbocycles. The van der Waals surface area contributed by atoms with Gasteiger partial charge in [0.1, 0.15) is 5.69 Å². The quantitative estimate of drug-likeness (QED) is 0.402. The third-order valence-electron chi connectivity index (χ3n) is 3.81. The number of H-pyrrole nitrogens is 2. The van der Waals surface area contributed by atoms with Crippen LogP contribution in [0.4, 0.5) is 5.82 Å². The number of fused-ring (bicyclic) bond motifs is 1. The fourth-order valence-electron chi connectivity index (χ4n) is 2.51. The van der Waals surface area contributed by atoms with Gasteiger partial charge in [-0.15, -0.1) is 0 Å². The number of aromatic amines is 2. The Bertz CT molecular complexity index is 1120. The summed E-state index contributed by atoms with van der Waals surface area (Å²) in [6.45, 7) is -0.504. The summed E-state index contributed by atoms with van der Waals surface area (Å²) in [5.74, 6) is -0.476. The first-order valence-corrected chi connectivity index (χ1v) is 8.21. The van der Waals surface area contributed by atoms with Gasteiger partial charge in [0.2, 0.25) is 5.88 Å². The second kappa shape index (κ2) is 7.19. The highest BCUT2D eigenvalue weighted by atomic mass is 16.5. The van der Waals surface area contributed by atoms with E-state index < -0.39 is 18.5 Å². The first-order valence-electron chi connectivity index (χ1n) is 8.21. The van der Waals surface area contributed by atoms with Crippen molar-refractivity contribution in [2.75, 3.05) is 11.9 Å². The van der Waals surface area contributed by atoms with Gasteiger partial charge < -0.3 is 20.1 Å². The molecule has 0 aliphatic heterocycles. The first-order chi connectivity index (χ1) is 13.6. The van der Waals surface area contributed by atoms with Crippen molar-refractivity contribution in [3.05, 3.63) is 54.2 Å². The molecule has 0 atom stereocenters. The molecule has 0 radical (unpaired) electrons. The first kappa shape index (κ1) is 17.2. The maximum atomic E-state index is 12.3. The van der Waals surface area contributed by atoms with Crippen LogP contribution < -0.4 is 10.1 Å². The van der Waals surface area contributed by atoms with Crippen LogP contribution in [0.2, 0.25) is 0 Å². The van der Waals surface area contributed by atoms with Crippen molar-refractivity contribution < 1.29 is 19.4 Å². The molecule has 0 saturated carbocycles. The van der Waals surface area contributed by atoms with Crippen LogP contribution in [0.25, 0.3) is 22.6 Å². The normalized spacial score (nSPS) is 10.7. The number of aliphatic carboxylic acids is 1. The molecule has 0 aliphatic rings. The van der Waals surface area contributed by atoms with Crippen molar-refractivity contribution in [2.45, 2.75) is 0 Å². The molecule has 140 valence electrons. The largest absolute Gasteiger partial charge is 0.479 e. The average molecular weight is 378 g/mol. The maximum Gasteiger partial charge on any atom is 0.341 e. The molecule has 3 heterocycles. The van der Waals surface area contributed by atoms with Crippen molar-refractivity contribution in [1.29, 1.82) is 0 Å². The summed E-state index contributed by atoms with van der Waals surface area (Å²) in [4.78, 5) is 34.3. The van der Waals surface area contributed by atoms with Gasteiger partial charge in [-0.2, -0.15) is 5.10 Å². The second-order valence-corrected chi connectivity index (χ2v) is 5.79. The maximum absolute atomic E-state index is 12.3. The van der Waals surface area contributed by atoms with E-state index in [2.05, 4.69) is 30.5 Å². The molecule has 4 aromatic rings. The van der Waals surface area contributed by atoms with E-state index in [1.165, 1.54) is 18.3 Å². The van der Waals surface area contributed by atoms with Crippen molar-refractivity contribution in [2.24, 2.45) is 0 Å². The third-order valence-corrected chi connectivity index (χ3v) is 3.81. The predicted octanol–water partition coefficient (Wildman–Crippen LogP) is 2.06. The third kappa shape index (κ3) is 3.65. The lowest BCUT2D eigenvalue weighted by molar-refractivity contribution is -0.139. The number of aromatic nitrogens is 5. The number of anilines is 1. The minimum absolute atomic E-state index is 0.117. The zero-order chi connectivity index (χ0) is 19.5. The number of carbonyl (C=O) groups excluding carboxylic acids is 1. The van der Waals surface area contributed by atoms with E-state index in [9.17, 15) is 9.59 Å². The zero-order valence-electron chi connectivity index (χ0n) is 14.3. The van der Waals surface area contributed by atoms with Crippen molar-refractivity contribution in [3.8, 4) is 17.4 Å². The van der Waals surface area contributed by atoms with Gasteiger partial charge in [0.15, 0.2) is 18.2 Å². The lowest BCUT2D eigenvalue weighted by atomic mass is 10.2. The van der Waals surface area contributed by atoms with E-state index >= 15 is 0 Å². The van der Waals surface area contributed by atoms with E-state index in [4.69, 9.17) is 9.84 Å². The highest BCUT2D eigenvalue weighted by Gasteiger charge is 2.12. The fraction of sp³-hybridized carbons (Fsp3) is 0.0556. The lowest BCUT2D eigenvalue weighted by Gasteiger charge is -2.04. The Morgan fingerprint density at radius 3 is 2.79 bits per heavy atom. The molecule has 10 heteroatoms. The number of carbonyl (C=O) groups is 2. The van der Waals surface area contributed by atoms with Crippen LogP contribution in [0, 0.1) is 0 Å². The van der Waals surface area contributed by atoms with Crippen molar-refractivity contribution in [1.82, 2.24) is 25.1 Å². The second-order valence-electron chi connectivity index (χ2n) is 5.79. The molecule has 0 bridgehead atoms. The predicted molar refractivity (Wildman–Crippen MR) is 99.0 cm³/mol. The van der Waals surface area contributed by atoms with Gasteiger partial charge in [-0.05, 0) is 18.2 Å². The van der Waals surface area contributed by atoms with Crippen molar-refractivity contribution >= 4 is 28.7 Å². The molecule has 1 amide bonds. The zero-order valence-corrected chi connectivity index (χ0v) is 14.3. The molecule has 0 fully saturated rings. The molecule has 4 N–H and O–H groups in total. The van der Waals surface area contributed by atoms with Crippen LogP contribution in [0.1, 0.15) is 10.4 Å². The minimum Gasteiger partial charge on any atom is -0.479 e. The molecule has 0 unspecified atom stereocenters. The summed E-state index contributed by atoms with van der Waals surface area (Å²) in [5.41, 5.74) is 2.63. The molecule has 0 spiro atoms. The van der Waals surface area contributed by atoms with Crippen LogP contribution in [0.15, 0.2) is 48.7 Å². The van der Waals surface area contributed by atoms with Gasteiger partial charge >= 0.3 is 5.97 Å². The Balaban J connectivity index is 1.44. The molecular weight excluding hydrogens is 364 g/mol. The Hall–Kier alpha value is -4.21. The van der Waals surface area contributed by atoms with Crippen LogP contribution in [0.3, 0.4) is 0 Å². The number of ether oxygens (including phenoxy) is 1. The Morgan fingerprint density at radius 1 is 1.18 bits per heavy atom. The summed E-state index contributed by atoms with van der Waals surface area (Å²) < 4.78 is 4.93. The topological polar surface area (TPSA) is 146 Å². The number of amides is 1. The van der Waals surface area contributed by atoms with Gasteiger partial charge in [-0.25, -0.2) is 14.8 Å². The highest BCUT2D eigenvalue weighted by molar-refractivity contribution is 6.03. The van der Waals surface area contributed by atoms with Crippen LogP contribution >= 0.6 is 0 Å². The summed E-state index contributed by atoms with van der Waals surface area (Å²) in [6.07, 6.45) is 1.29. The van der Waals surface area contributed by atoms with E-state index in [-0.39, 0.29) is 11.4 Å². The van der Waals surface area contributed by atoms with E-state index in [1.807, 2.05) is 24.3 Å². The minimum atomic E-state index is -1.11. The standard InChI is InChI=1S/C18H14N6O4/c25-16(26)9-28-15-6-5-10(8-19-15)18(27)22-14-7-13(23-24-14)17-20-11-3-1-2-4-12(11)21-17/h1-8H,9H2,(H,20,21)(H,25,26)(H2,22,23,24,27). The highest BCUT2D eigenvalue weighted by Crippen LogP contribution is 2.21. The molecule has 1 aromatic carbocycles.